The summed E-state index contributed by atoms with van der Waals surface area (Å²) in [6.07, 6.45) is 0.487. The smallest absolute Gasteiger partial charge is 0.410 e. The van der Waals surface area contributed by atoms with Crippen molar-refractivity contribution in [3.63, 3.8) is 0 Å². The van der Waals surface area contributed by atoms with Gasteiger partial charge < -0.3 is 14.7 Å². The number of sulfone groups is 1. The normalized spacial score (nSPS) is 17.7. The van der Waals surface area contributed by atoms with Gasteiger partial charge in [0.2, 0.25) is 0 Å². The molecular weight excluding hydrogens is 324 g/mol. The average Bonchev–Trinajstić information content (AvgIpc) is 2.26. The molecule has 0 atom stereocenters. The first-order valence-corrected chi connectivity index (χ1v) is 9.39. The molecule has 134 valence electrons. The van der Waals surface area contributed by atoms with E-state index in [4.69, 9.17) is 9.84 Å². The van der Waals surface area contributed by atoms with Gasteiger partial charge in [-0.25, -0.2) is 13.2 Å². The van der Waals surface area contributed by atoms with Crippen LogP contribution in [-0.4, -0.2) is 85.2 Å². The number of carbonyl (C=O) groups excluding carboxylic acids is 1. The second-order valence-corrected chi connectivity index (χ2v) is 9.44. The number of hydrogen-bond donors (Lipinski definition) is 1. The number of nitrogens with zero attached hydrogens (tertiary/aromatic N) is 2. The van der Waals surface area contributed by atoms with E-state index in [1.54, 1.807) is 32.7 Å². The summed E-state index contributed by atoms with van der Waals surface area (Å²) in [5.41, 5.74) is -1.38. The monoisotopic (exact) mass is 350 g/mol. The first-order chi connectivity index (χ1) is 10.2. The Hall–Kier alpha value is -1.35. The summed E-state index contributed by atoms with van der Waals surface area (Å²) in [7, 11) is -1.46. The van der Waals surface area contributed by atoms with E-state index in [1.807, 2.05) is 0 Å². The predicted molar refractivity (Wildman–Crippen MR) is 85.1 cm³/mol. The lowest BCUT2D eigenvalue weighted by Crippen LogP contribution is -2.71. The summed E-state index contributed by atoms with van der Waals surface area (Å²) in [6.45, 7) is 5.89. The van der Waals surface area contributed by atoms with Gasteiger partial charge in [0.1, 0.15) is 15.4 Å². The topological polar surface area (TPSA) is 104 Å². The van der Waals surface area contributed by atoms with E-state index in [0.29, 0.717) is 0 Å². The zero-order valence-electron chi connectivity index (χ0n) is 14.3. The molecule has 1 heterocycles. The molecule has 0 bridgehead atoms. The maximum Gasteiger partial charge on any atom is 0.410 e. The highest BCUT2D eigenvalue weighted by molar-refractivity contribution is 7.90. The predicted octanol–water partition coefficient (Wildman–Crippen LogP) is 0.427. The molecule has 23 heavy (non-hydrogen) atoms. The molecule has 0 radical (unpaired) electrons. The number of likely N-dealkylation sites (tertiary alicyclic amines) is 1. The molecule has 0 aromatic carbocycles. The van der Waals surface area contributed by atoms with Gasteiger partial charge in [0, 0.05) is 25.9 Å². The molecule has 1 fully saturated rings. The minimum atomic E-state index is -3.14. The van der Waals surface area contributed by atoms with E-state index in [2.05, 4.69) is 0 Å². The molecule has 0 aliphatic carbocycles. The lowest BCUT2D eigenvalue weighted by atomic mass is 9.85. The molecule has 1 aliphatic heterocycles. The highest BCUT2D eigenvalue weighted by atomic mass is 32.2. The fourth-order valence-corrected chi connectivity index (χ4v) is 3.03. The molecule has 0 spiro atoms. The standard InChI is InChI=1S/C14H26N2O6S/c1-13(2,3)22-12(19)16-9-14(10-16,8-11(17)18)15(4)6-7-23(5,20)21/h6-10H2,1-5H3,(H,17,18). The van der Waals surface area contributed by atoms with Gasteiger partial charge in [-0.1, -0.05) is 0 Å². The van der Waals surface area contributed by atoms with Crippen LogP contribution >= 0.6 is 0 Å². The van der Waals surface area contributed by atoms with Crippen molar-refractivity contribution < 1.29 is 27.9 Å². The van der Waals surface area contributed by atoms with Crippen molar-refractivity contribution in [3.05, 3.63) is 0 Å². The fourth-order valence-electron chi connectivity index (χ4n) is 2.43. The van der Waals surface area contributed by atoms with Gasteiger partial charge in [-0.15, -0.1) is 0 Å². The van der Waals surface area contributed by atoms with Crippen LogP contribution in [0.5, 0.6) is 0 Å². The van der Waals surface area contributed by atoms with E-state index in [9.17, 15) is 18.0 Å². The average molecular weight is 350 g/mol. The third-order valence-corrected chi connectivity index (χ3v) is 4.63. The zero-order chi connectivity index (χ0) is 18.1. The summed E-state index contributed by atoms with van der Waals surface area (Å²) >= 11 is 0. The van der Waals surface area contributed by atoms with Crippen LogP contribution in [0.2, 0.25) is 0 Å². The molecule has 1 saturated heterocycles. The van der Waals surface area contributed by atoms with Crippen LogP contribution in [0.15, 0.2) is 0 Å². The van der Waals surface area contributed by atoms with Crippen molar-refractivity contribution in [2.24, 2.45) is 0 Å². The van der Waals surface area contributed by atoms with Gasteiger partial charge in [0.15, 0.2) is 0 Å². The minimum Gasteiger partial charge on any atom is -0.481 e. The van der Waals surface area contributed by atoms with Crippen LogP contribution in [0.4, 0.5) is 4.79 Å². The van der Waals surface area contributed by atoms with Crippen LogP contribution in [-0.2, 0) is 19.4 Å². The number of carbonyl (C=O) groups is 2. The second kappa shape index (κ2) is 6.64. The van der Waals surface area contributed by atoms with Gasteiger partial charge in [-0.05, 0) is 27.8 Å². The summed E-state index contributed by atoms with van der Waals surface area (Å²) in [5, 5.41) is 9.12. The molecular formula is C14H26N2O6S. The maximum absolute atomic E-state index is 12.0. The molecule has 0 unspecified atom stereocenters. The van der Waals surface area contributed by atoms with Crippen molar-refractivity contribution >= 4 is 21.9 Å². The Kier molecular flexibility index (Phi) is 5.69. The molecule has 8 nitrogen and oxygen atoms in total. The summed E-state index contributed by atoms with van der Waals surface area (Å²) < 4.78 is 27.8. The number of aliphatic carboxylic acids is 1. The number of carboxylic acids is 1. The number of hydrogen-bond acceptors (Lipinski definition) is 6. The van der Waals surface area contributed by atoms with Gasteiger partial charge in [0.25, 0.3) is 0 Å². The lowest BCUT2D eigenvalue weighted by Gasteiger charge is -2.53. The van der Waals surface area contributed by atoms with Gasteiger partial charge in [-0.2, -0.15) is 0 Å². The molecule has 1 aliphatic rings. The highest BCUT2D eigenvalue weighted by Crippen LogP contribution is 2.31. The number of carboxylic acid groups (broad SMARTS) is 1. The van der Waals surface area contributed by atoms with Crippen molar-refractivity contribution in [1.82, 2.24) is 9.80 Å². The molecule has 0 aromatic heterocycles. The molecule has 9 heteroatoms. The Bertz CT molecular complexity index is 560. The van der Waals surface area contributed by atoms with Crippen LogP contribution < -0.4 is 0 Å². The summed E-state index contributed by atoms with van der Waals surface area (Å²) in [6, 6.07) is 0. The van der Waals surface area contributed by atoms with Crippen molar-refractivity contribution in [1.29, 1.82) is 0 Å². The third kappa shape index (κ3) is 5.98. The number of ether oxygens (including phenoxy) is 1. The van der Waals surface area contributed by atoms with Gasteiger partial charge in [0.05, 0.1) is 17.7 Å². The largest absolute Gasteiger partial charge is 0.481 e. The number of rotatable bonds is 6. The number of amides is 1. The van der Waals surface area contributed by atoms with E-state index < -0.39 is 33.0 Å². The second-order valence-electron chi connectivity index (χ2n) is 7.18. The van der Waals surface area contributed by atoms with Crippen LogP contribution in [0, 0.1) is 0 Å². The van der Waals surface area contributed by atoms with E-state index in [0.717, 1.165) is 6.26 Å². The Morgan fingerprint density at radius 3 is 2.22 bits per heavy atom. The Morgan fingerprint density at radius 1 is 1.30 bits per heavy atom. The summed E-state index contributed by atoms with van der Waals surface area (Å²) in [4.78, 5) is 26.3. The van der Waals surface area contributed by atoms with E-state index in [-0.39, 0.29) is 31.8 Å². The first kappa shape index (κ1) is 19.7. The molecule has 1 amide bonds. The number of likely N-dealkylation sites (N-methyl/N-ethyl adjacent to an activating group) is 1. The Balaban J connectivity index is 2.73. The molecule has 1 N–H and O–H groups in total. The van der Waals surface area contributed by atoms with Crippen LogP contribution in [0.3, 0.4) is 0 Å². The first-order valence-electron chi connectivity index (χ1n) is 7.33. The third-order valence-electron chi connectivity index (χ3n) is 3.71. The van der Waals surface area contributed by atoms with Crippen LogP contribution in [0.25, 0.3) is 0 Å². The van der Waals surface area contributed by atoms with E-state index >= 15 is 0 Å². The van der Waals surface area contributed by atoms with Gasteiger partial charge >= 0.3 is 12.1 Å². The molecule has 0 aromatic rings. The van der Waals surface area contributed by atoms with Crippen molar-refractivity contribution in [2.75, 3.05) is 38.7 Å². The molecule has 1 rings (SSSR count). The lowest BCUT2D eigenvalue weighted by molar-refractivity contribution is -0.144. The maximum atomic E-state index is 12.0. The fraction of sp³-hybridized carbons (Fsp3) is 0.857. The van der Waals surface area contributed by atoms with Gasteiger partial charge in [-0.3, -0.25) is 9.69 Å². The van der Waals surface area contributed by atoms with E-state index in [1.165, 1.54) is 4.90 Å². The minimum absolute atomic E-state index is 0.0582. The summed E-state index contributed by atoms with van der Waals surface area (Å²) in [5.74, 6) is -1.04. The van der Waals surface area contributed by atoms with Crippen molar-refractivity contribution in [3.8, 4) is 0 Å². The Labute approximate surface area is 137 Å². The molecule has 0 saturated carbocycles. The quantitative estimate of drug-likeness (QED) is 0.740. The van der Waals surface area contributed by atoms with Crippen molar-refractivity contribution in [2.45, 2.75) is 38.3 Å². The SMILES string of the molecule is CN(CCS(C)(=O)=O)C1(CC(=O)O)CN(C(=O)OC(C)(C)C)C1. The Morgan fingerprint density at radius 2 is 1.83 bits per heavy atom. The zero-order valence-corrected chi connectivity index (χ0v) is 15.1. The highest BCUT2D eigenvalue weighted by Gasteiger charge is 2.50. The van der Waals surface area contributed by atoms with Crippen LogP contribution in [0.1, 0.15) is 27.2 Å².